The molecule has 5 nitrogen and oxygen atoms in total. The molecule has 3 unspecified atom stereocenters. The van der Waals surface area contributed by atoms with E-state index < -0.39 is 5.60 Å². The number of nitriles is 1. The maximum atomic E-state index is 12.4. The summed E-state index contributed by atoms with van der Waals surface area (Å²) in [6, 6.07) is 12.6. The minimum absolute atomic E-state index is 0.223. The van der Waals surface area contributed by atoms with E-state index in [-0.39, 0.29) is 24.2 Å². The van der Waals surface area contributed by atoms with Crippen molar-refractivity contribution in [1.82, 2.24) is 9.80 Å². The van der Waals surface area contributed by atoms with Crippen LogP contribution in [0.4, 0.5) is 4.79 Å². The highest BCUT2D eigenvalue weighted by Gasteiger charge is 2.45. The first-order chi connectivity index (χ1) is 11.4. The van der Waals surface area contributed by atoms with E-state index in [1.165, 1.54) is 0 Å². The monoisotopic (exact) mass is 327 g/mol. The van der Waals surface area contributed by atoms with Gasteiger partial charge in [0.25, 0.3) is 0 Å². The molecule has 0 aromatic heterocycles. The molecule has 2 aliphatic heterocycles. The first-order valence-corrected chi connectivity index (χ1v) is 8.59. The number of hydrogen-bond acceptors (Lipinski definition) is 4. The zero-order valence-corrected chi connectivity index (χ0v) is 14.6. The van der Waals surface area contributed by atoms with E-state index in [0.717, 1.165) is 18.4 Å². The lowest BCUT2D eigenvalue weighted by Crippen LogP contribution is -2.56. The Kier molecular flexibility index (Phi) is 4.51. The summed E-state index contributed by atoms with van der Waals surface area (Å²) >= 11 is 0. The highest BCUT2D eigenvalue weighted by atomic mass is 16.6. The Morgan fingerprint density at radius 1 is 1.21 bits per heavy atom. The standard InChI is InChI=1S/C19H25N3O2/c1-19(2,3)24-18(23)21-12-15-9-10-16(13-21)22(15)17(11-20)14-7-5-4-6-8-14/h4-8,15-17H,9-10,12-13H2,1-3H3. The predicted molar refractivity (Wildman–Crippen MR) is 91.3 cm³/mol. The van der Waals surface area contributed by atoms with Crippen LogP contribution >= 0.6 is 0 Å². The Bertz CT molecular complexity index is 618. The number of hydrogen-bond donors (Lipinski definition) is 0. The third-order valence-electron chi connectivity index (χ3n) is 4.73. The molecule has 2 fully saturated rings. The number of piperazine rings is 1. The number of carbonyl (C=O) groups excluding carboxylic acids is 1. The van der Waals surface area contributed by atoms with E-state index in [1.54, 1.807) is 0 Å². The van der Waals surface area contributed by atoms with E-state index in [9.17, 15) is 10.1 Å². The molecule has 3 atom stereocenters. The summed E-state index contributed by atoms with van der Waals surface area (Å²) in [6.45, 7) is 6.93. The van der Waals surface area contributed by atoms with Crippen molar-refractivity contribution in [3.8, 4) is 6.07 Å². The fourth-order valence-electron chi connectivity index (χ4n) is 3.78. The van der Waals surface area contributed by atoms with Crippen molar-refractivity contribution >= 4 is 6.09 Å². The first-order valence-electron chi connectivity index (χ1n) is 8.59. The highest BCUT2D eigenvalue weighted by molar-refractivity contribution is 5.68. The summed E-state index contributed by atoms with van der Waals surface area (Å²) in [6.07, 6.45) is 1.80. The molecule has 5 heteroatoms. The van der Waals surface area contributed by atoms with Crippen molar-refractivity contribution in [2.45, 2.75) is 57.3 Å². The lowest BCUT2D eigenvalue weighted by Gasteiger charge is -2.43. The molecule has 0 N–H and O–H groups in total. The van der Waals surface area contributed by atoms with Gasteiger partial charge in [-0.25, -0.2) is 4.79 Å². The average Bonchev–Trinajstić information content (AvgIpc) is 2.78. The van der Waals surface area contributed by atoms with Crippen LogP contribution in [-0.2, 0) is 4.74 Å². The van der Waals surface area contributed by atoms with Crippen molar-refractivity contribution in [3.63, 3.8) is 0 Å². The molecule has 0 spiro atoms. The highest BCUT2D eigenvalue weighted by Crippen LogP contribution is 2.37. The van der Waals surface area contributed by atoms with Gasteiger partial charge in [-0.1, -0.05) is 30.3 Å². The van der Waals surface area contributed by atoms with Gasteiger partial charge in [0.05, 0.1) is 6.07 Å². The summed E-state index contributed by atoms with van der Waals surface area (Å²) in [5.41, 5.74) is 0.551. The number of likely N-dealkylation sites (tertiary alicyclic amines) is 1. The molecule has 1 aromatic carbocycles. The summed E-state index contributed by atoms with van der Waals surface area (Å²) in [7, 11) is 0. The van der Waals surface area contributed by atoms with E-state index in [2.05, 4.69) is 11.0 Å². The minimum atomic E-state index is -0.480. The van der Waals surface area contributed by atoms with Gasteiger partial charge in [-0.2, -0.15) is 5.26 Å². The van der Waals surface area contributed by atoms with Crippen LogP contribution in [0.5, 0.6) is 0 Å². The second-order valence-corrected chi connectivity index (χ2v) is 7.66. The van der Waals surface area contributed by atoms with E-state index in [0.29, 0.717) is 13.1 Å². The van der Waals surface area contributed by atoms with Crippen LogP contribution in [0.25, 0.3) is 0 Å². The van der Waals surface area contributed by atoms with Crippen molar-refractivity contribution in [2.75, 3.05) is 13.1 Å². The second-order valence-electron chi connectivity index (χ2n) is 7.66. The Labute approximate surface area is 143 Å². The van der Waals surface area contributed by atoms with Gasteiger partial charge in [0.1, 0.15) is 11.6 Å². The smallest absolute Gasteiger partial charge is 0.410 e. The van der Waals surface area contributed by atoms with Crippen molar-refractivity contribution in [3.05, 3.63) is 35.9 Å². The predicted octanol–water partition coefficient (Wildman–Crippen LogP) is 3.33. The molecular formula is C19H25N3O2. The normalized spacial score (nSPS) is 25.2. The van der Waals surface area contributed by atoms with Crippen LogP contribution in [0.3, 0.4) is 0 Å². The summed E-state index contributed by atoms with van der Waals surface area (Å²) in [5.74, 6) is 0. The van der Waals surface area contributed by atoms with Crippen LogP contribution < -0.4 is 0 Å². The third kappa shape index (κ3) is 3.39. The topological polar surface area (TPSA) is 56.6 Å². The summed E-state index contributed by atoms with van der Waals surface area (Å²) in [5, 5.41) is 9.73. The van der Waals surface area contributed by atoms with Gasteiger partial charge in [-0.15, -0.1) is 0 Å². The Morgan fingerprint density at radius 2 is 1.79 bits per heavy atom. The van der Waals surface area contributed by atoms with E-state index in [1.807, 2.05) is 56.0 Å². The third-order valence-corrected chi connectivity index (χ3v) is 4.73. The number of ether oxygens (including phenoxy) is 1. The zero-order chi connectivity index (χ0) is 17.3. The molecule has 0 saturated carbocycles. The van der Waals surface area contributed by atoms with Gasteiger partial charge in [-0.05, 0) is 39.2 Å². The van der Waals surface area contributed by atoms with E-state index >= 15 is 0 Å². The average molecular weight is 327 g/mol. The van der Waals surface area contributed by atoms with Crippen LogP contribution in [0.2, 0.25) is 0 Å². The summed E-state index contributed by atoms with van der Waals surface area (Å²) in [4.78, 5) is 16.5. The number of benzene rings is 1. The Hall–Kier alpha value is -2.06. The molecule has 0 radical (unpaired) electrons. The van der Waals surface area contributed by atoms with Gasteiger partial charge in [-0.3, -0.25) is 4.90 Å². The fraction of sp³-hybridized carbons (Fsp3) is 0.579. The number of fused-ring (bicyclic) bond motifs is 2. The van der Waals surface area contributed by atoms with Gasteiger partial charge < -0.3 is 9.64 Å². The number of nitrogens with zero attached hydrogens (tertiary/aromatic N) is 3. The lowest BCUT2D eigenvalue weighted by molar-refractivity contribution is -0.00342. The molecule has 24 heavy (non-hydrogen) atoms. The molecule has 3 rings (SSSR count). The zero-order valence-electron chi connectivity index (χ0n) is 14.6. The Morgan fingerprint density at radius 3 is 2.29 bits per heavy atom. The molecule has 1 aromatic rings. The Balaban J connectivity index is 1.74. The first kappa shape index (κ1) is 16.8. The molecular weight excluding hydrogens is 302 g/mol. The van der Waals surface area contributed by atoms with Crippen LogP contribution in [-0.4, -0.2) is 46.7 Å². The van der Waals surface area contributed by atoms with Crippen LogP contribution in [0, 0.1) is 11.3 Å². The quantitative estimate of drug-likeness (QED) is 0.836. The maximum Gasteiger partial charge on any atom is 0.410 e. The number of carbonyl (C=O) groups is 1. The minimum Gasteiger partial charge on any atom is -0.444 e. The van der Waals surface area contributed by atoms with Gasteiger partial charge in [0.15, 0.2) is 0 Å². The second kappa shape index (κ2) is 6.45. The van der Waals surface area contributed by atoms with Crippen molar-refractivity contribution in [2.24, 2.45) is 0 Å². The largest absolute Gasteiger partial charge is 0.444 e. The summed E-state index contributed by atoms with van der Waals surface area (Å²) < 4.78 is 5.51. The SMILES string of the molecule is CC(C)(C)OC(=O)N1CC2CCC(C1)N2C(C#N)c1ccccc1. The van der Waals surface area contributed by atoms with Crippen molar-refractivity contribution in [1.29, 1.82) is 5.26 Å². The fourth-order valence-corrected chi connectivity index (χ4v) is 3.78. The molecule has 2 aliphatic rings. The number of amides is 1. The molecule has 2 saturated heterocycles. The molecule has 2 heterocycles. The number of rotatable bonds is 2. The van der Waals surface area contributed by atoms with Crippen molar-refractivity contribution < 1.29 is 9.53 Å². The van der Waals surface area contributed by atoms with Gasteiger partial charge in [0.2, 0.25) is 0 Å². The lowest BCUT2D eigenvalue weighted by atomic mass is 10.0. The molecule has 128 valence electrons. The van der Waals surface area contributed by atoms with Crippen LogP contribution in [0.15, 0.2) is 30.3 Å². The maximum absolute atomic E-state index is 12.4. The van der Waals surface area contributed by atoms with Gasteiger partial charge in [0, 0.05) is 25.2 Å². The van der Waals surface area contributed by atoms with E-state index in [4.69, 9.17) is 4.74 Å². The van der Waals surface area contributed by atoms with Crippen LogP contribution in [0.1, 0.15) is 45.2 Å². The molecule has 1 amide bonds. The van der Waals surface area contributed by atoms with Gasteiger partial charge >= 0.3 is 6.09 Å². The molecule has 2 bridgehead atoms. The molecule has 0 aliphatic carbocycles.